The molecule has 2 aliphatic rings. The Labute approximate surface area is 376 Å². The summed E-state index contributed by atoms with van der Waals surface area (Å²) in [7, 11) is 0. The zero-order valence-electron chi connectivity index (χ0n) is 38.8. The minimum absolute atomic E-state index is 0.00917. The molecule has 0 fully saturated rings. The summed E-state index contributed by atoms with van der Waals surface area (Å²) in [6, 6.07) is 45.9. The van der Waals surface area contributed by atoms with Gasteiger partial charge in [-0.2, -0.15) is 0 Å². The van der Waals surface area contributed by atoms with Crippen molar-refractivity contribution in [3.8, 4) is 39.8 Å². The maximum absolute atomic E-state index is 7.41. The third-order valence-electron chi connectivity index (χ3n) is 13.8. The first-order valence-corrected chi connectivity index (χ1v) is 23.4. The van der Waals surface area contributed by atoms with Crippen molar-refractivity contribution in [3.63, 3.8) is 0 Å². The van der Waals surface area contributed by atoms with E-state index >= 15 is 0 Å². The number of nitrogens with zero attached hydrogens (tertiary/aromatic N) is 1. The first kappa shape index (κ1) is 40.0. The van der Waals surface area contributed by atoms with Gasteiger partial charge in [0, 0.05) is 37.8 Å². The highest BCUT2D eigenvalue weighted by Crippen LogP contribution is 2.47. The van der Waals surface area contributed by atoms with E-state index in [9.17, 15) is 0 Å². The number of aromatic nitrogens is 1. The number of hydrogen-bond acceptors (Lipinski definition) is 3. The van der Waals surface area contributed by atoms with Crippen LogP contribution in [0.15, 0.2) is 121 Å². The molecule has 314 valence electrons. The second kappa shape index (κ2) is 13.4. The van der Waals surface area contributed by atoms with Gasteiger partial charge in [0.25, 0.3) is 6.71 Å². The van der Waals surface area contributed by atoms with Crippen LogP contribution in [0.4, 0.5) is 0 Å². The fourth-order valence-electron chi connectivity index (χ4n) is 10.0. The zero-order chi connectivity index (χ0) is 44.1. The van der Waals surface area contributed by atoms with Gasteiger partial charge in [-0.15, -0.1) is 11.3 Å². The van der Waals surface area contributed by atoms with Crippen LogP contribution >= 0.6 is 11.3 Å². The van der Waals surface area contributed by atoms with Gasteiger partial charge in [-0.3, -0.25) is 0 Å². The lowest BCUT2D eigenvalue weighted by molar-refractivity contribution is 0.464. The summed E-state index contributed by atoms with van der Waals surface area (Å²) in [6.07, 6.45) is 0. The number of fused-ring (bicyclic) bond motifs is 11. The summed E-state index contributed by atoms with van der Waals surface area (Å²) in [5.41, 5.74) is 14.6. The predicted molar refractivity (Wildman–Crippen MR) is 272 cm³/mol. The molecule has 63 heavy (non-hydrogen) atoms. The molecule has 4 heterocycles. The Morgan fingerprint density at radius 1 is 0.444 bits per heavy atom. The molecule has 2 aromatic heterocycles. The van der Waals surface area contributed by atoms with Crippen molar-refractivity contribution in [2.24, 2.45) is 0 Å². The van der Waals surface area contributed by atoms with Gasteiger partial charge < -0.3 is 14.0 Å². The van der Waals surface area contributed by atoms with Crippen molar-refractivity contribution >= 4 is 76.4 Å². The van der Waals surface area contributed by atoms with Crippen LogP contribution in [0, 0.1) is 0 Å². The molecule has 5 heteroatoms. The number of hydrogen-bond donors (Lipinski definition) is 0. The monoisotopic (exact) mass is 841 g/mol. The van der Waals surface area contributed by atoms with Crippen LogP contribution in [-0.4, -0.2) is 11.3 Å². The molecule has 9 aromatic rings. The van der Waals surface area contributed by atoms with Crippen LogP contribution in [0.3, 0.4) is 0 Å². The van der Waals surface area contributed by atoms with Gasteiger partial charge in [-0.05, 0) is 114 Å². The summed E-state index contributed by atoms with van der Waals surface area (Å²) in [4.78, 5) is 0. The SMILES string of the molecule is CC(C)(C)c1ccc(-c2cc3c4c(c2)Oc2cc(-n5c6ccc(C(C)(C)C)cc6c6cc(C(C)(C)C)ccc65)c5sc6ccccc6c5c2B4c2cc(C(C)(C)C)ccc2O3)cc1. The molecular weight excluding hydrogens is 786 g/mol. The van der Waals surface area contributed by atoms with Crippen LogP contribution in [0.1, 0.15) is 105 Å². The second-order valence-electron chi connectivity index (χ2n) is 22.3. The molecule has 0 saturated carbocycles. The van der Waals surface area contributed by atoms with Crippen LogP contribution in [0.25, 0.3) is 58.8 Å². The van der Waals surface area contributed by atoms with E-state index < -0.39 is 0 Å². The lowest BCUT2D eigenvalue weighted by Crippen LogP contribution is -2.57. The van der Waals surface area contributed by atoms with E-state index in [0.717, 1.165) is 45.3 Å². The summed E-state index contributed by atoms with van der Waals surface area (Å²) in [5, 5.41) is 5.07. The Hall–Kier alpha value is -5.78. The second-order valence-corrected chi connectivity index (χ2v) is 23.3. The molecule has 0 saturated heterocycles. The third-order valence-corrected chi connectivity index (χ3v) is 15.0. The molecule has 0 bridgehead atoms. The predicted octanol–water partition coefficient (Wildman–Crippen LogP) is 14.7. The molecule has 0 radical (unpaired) electrons. The van der Waals surface area contributed by atoms with Gasteiger partial charge in [0.2, 0.25) is 0 Å². The van der Waals surface area contributed by atoms with Gasteiger partial charge in [0.1, 0.15) is 23.0 Å². The number of benzene rings is 7. The van der Waals surface area contributed by atoms with Gasteiger partial charge in [0.05, 0.1) is 21.4 Å². The Kier molecular flexibility index (Phi) is 8.50. The fraction of sp³-hybridized carbons (Fsp3) is 0.276. The van der Waals surface area contributed by atoms with Gasteiger partial charge in [-0.25, -0.2) is 0 Å². The van der Waals surface area contributed by atoms with E-state index in [1.807, 2.05) is 11.3 Å². The topological polar surface area (TPSA) is 23.4 Å². The van der Waals surface area contributed by atoms with Crippen molar-refractivity contribution < 1.29 is 9.47 Å². The smallest absolute Gasteiger partial charge is 0.261 e. The summed E-state index contributed by atoms with van der Waals surface area (Å²) in [5.74, 6) is 3.51. The van der Waals surface area contributed by atoms with E-state index in [-0.39, 0.29) is 28.4 Å². The van der Waals surface area contributed by atoms with Crippen LogP contribution in [0.2, 0.25) is 0 Å². The van der Waals surface area contributed by atoms with E-state index in [0.29, 0.717) is 0 Å². The summed E-state index contributed by atoms with van der Waals surface area (Å²) >= 11 is 1.89. The van der Waals surface area contributed by atoms with Crippen LogP contribution in [-0.2, 0) is 21.7 Å². The molecule has 0 spiro atoms. The highest BCUT2D eigenvalue weighted by molar-refractivity contribution is 7.26. The van der Waals surface area contributed by atoms with E-state index in [1.54, 1.807) is 0 Å². The average molecular weight is 842 g/mol. The van der Waals surface area contributed by atoms with Crippen molar-refractivity contribution in [2.75, 3.05) is 0 Å². The Morgan fingerprint density at radius 3 is 1.54 bits per heavy atom. The van der Waals surface area contributed by atoms with Crippen molar-refractivity contribution in [1.82, 2.24) is 4.57 Å². The van der Waals surface area contributed by atoms with Crippen LogP contribution < -0.4 is 25.9 Å². The van der Waals surface area contributed by atoms with E-state index in [4.69, 9.17) is 9.47 Å². The quantitative estimate of drug-likeness (QED) is 0.162. The summed E-state index contributed by atoms with van der Waals surface area (Å²) < 4.78 is 19.4. The minimum Gasteiger partial charge on any atom is -0.458 e. The first-order valence-electron chi connectivity index (χ1n) is 22.6. The fourth-order valence-corrected chi connectivity index (χ4v) is 11.3. The minimum atomic E-state index is -0.0986. The van der Waals surface area contributed by atoms with E-state index in [2.05, 4.69) is 209 Å². The highest BCUT2D eigenvalue weighted by Gasteiger charge is 2.43. The molecule has 7 aromatic carbocycles. The van der Waals surface area contributed by atoms with Crippen molar-refractivity contribution in [3.05, 3.63) is 144 Å². The largest absolute Gasteiger partial charge is 0.458 e. The molecule has 3 nitrogen and oxygen atoms in total. The van der Waals surface area contributed by atoms with Gasteiger partial charge in [-0.1, -0.05) is 150 Å². The van der Waals surface area contributed by atoms with Gasteiger partial charge >= 0.3 is 0 Å². The Balaban J connectivity index is 1.23. The van der Waals surface area contributed by atoms with Crippen molar-refractivity contribution in [2.45, 2.75) is 105 Å². The Bertz CT molecular complexity index is 3300. The normalized spacial score (nSPS) is 13.9. The zero-order valence-corrected chi connectivity index (χ0v) is 39.6. The standard InChI is InChI=1S/C58H56BNO2S/c1-55(2,3)35-19-17-33(18-20-35)34-27-47-52-48(28-34)62-49-32-45(60-43-24-21-36(56(4,5)6)29-40(43)41-30-37(57(7,8)9)22-25-44(41)60)54-51(39-15-13-14-16-50(39)63-54)53(49)59(52)42-31-38(58(10,11)12)23-26-46(42)61-47/h13-32H,1-12H3. The molecule has 11 rings (SSSR count). The average Bonchev–Trinajstić information content (AvgIpc) is 3.77. The molecule has 0 atom stereocenters. The highest BCUT2D eigenvalue weighted by atomic mass is 32.1. The maximum atomic E-state index is 7.41. The Morgan fingerprint density at radius 2 is 0.952 bits per heavy atom. The molecule has 2 aliphatic heterocycles. The molecule has 0 amide bonds. The molecule has 0 unspecified atom stereocenters. The maximum Gasteiger partial charge on any atom is 0.261 e. The number of thiophene rings is 1. The van der Waals surface area contributed by atoms with Crippen molar-refractivity contribution in [1.29, 1.82) is 0 Å². The van der Waals surface area contributed by atoms with E-state index in [1.165, 1.54) is 75.2 Å². The molecular formula is C58H56BNO2S. The number of rotatable bonds is 2. The lowest BCUT2D eigenvalue weighted by Gasteiger charge is -2.35. The first-order chi connectivity index (χ1) is 29.7. The third kappa shape index (κ3) is 6.28. The number of ether oxygens (including phenoxy) is 2. The lowest BCUT2D eigenvalue weighted by atomic mass is 9.34. The van der Waals surface area contributed by atoms with Gasteiger partial charge in [0.15, 0.2) is 0 Å². The molecule has 0 N–H and O–H groups in total. The van der Waals surface area contributed by atoms with Crippen LogP contribution in [0.5, 0.6) is 23.0 Å². The molecule has 0 aliphatic carbocycles. The summed E-state index contributed by atoms with van der Waals surface area (Å²) in [6.45, 7) is 27.4.